The smallest absolute Gasteiger partial charge is 0.271 e. The van der Waals surface area contributed by atoms with Gasteiger partial charge in [0.15, 0.2) is 5.11 Å². The number of nitrogens with one attached hydrogen (secondary N) is 1. The van der Waals surface area contributed by atoms with E-state index in [1.165, 1.54) is 25.3 Å². The van der Waals surface area contributed by atoms with Gasteiger partial charge in [-0.05, 0) is 74.1 Å². The zero-order valence-electron chi connectivity index (χ0n) is 20.8. The second-order valence-electron chi connectivity index (χ2n) is 8.90. The highest BCUT2D eigenvalue weighted by molar-refractivity contribution is 7.80. The number of methoxy groups -OCH3 is 1. The summed E-state index contributed by atoms with van der Waals surface area (Å²) in [5.74, 6) is 0.522. The Morgan fingerprint density at radius 1 is 1.13 bits per heavy atom. The first-order valence-electron chi connectivity index (χ1n) is 11.7. The number of hydrogen-bond acceptors (Lipinski definition) is 6. The number of ether oxygens (including phenoxy) is 1. The molecule has 1 aliphatic heterocycles. The van der Waals surface area contributed by atoms with E-state index >= 15 is 0 Å². The topological polar surface area (TPSA) is 106 Å². The zero-order valence-corrected chi connectivity index (χ0v) is 22.3. The number of aromatic nitrogens is 2. The number of non-ortho nitro benzene ring substituents is 1. The maximum Gasteiger partial charge on any atom is 0.271 e. The SMILES string of the molecule is COc1ccc([N+](=O)[O-])cc1-n1c(C)cc([C@H]2[C@@H](c3ccccn3)NC(=S)N2c2cc(Cl)ccc2O)c1C. The molecule has 0 aliphatic carbocycles. The second-order valence-corrected chi connectivity index (χ2v) is 9.73. The minimum Gasteiger partial charge on any atom is -0.506 e. The van der Waals surface area contributed by atoms with Crippen molar-refractivity contribution >= 4 is 40.3 Å². The monoisotopic (exact) mass is 549 g/mol. The van der Waals surface area contributed by atoms with Gasteiger partial charge in [-0.1, -0.05) is 17.7 Å². The van der Waals surface area contributed by atoms with Crippen molar-refractivity contribution < 1.29 is 14.8 Å². The molecule has 4 aromatic rings. The third kappa shape index (κ3) is 4.31. The maximum atomic E-state index is 11.5. The van der Waals surface area contributed by atoms with E-state index < -0.39 is 11.0 Å². The number of aromatic hydroxyl groups is 1. The molecule has 2 atom stereocenters. The van der Waals surface area contributed by atoms with Crippen molar-refractivity contribution in [3.63, 3.8) is 0 Å². The van der Waals surface area contributed by atoms with E-state index in [2.05, 4.69) is 10.3 Å². The number of hydrogen-bond donors (Lipinski definition) is 2. The van der Waals surface area contributed by atoms with Gasteiger partial charge >= 0.3 is 0 Å². The highest BCUT2D eigenvalue weighted by Gasteiger charge is 2.43. The molecule has 2 aromatic heterocycles. The van der Waals surface area contributed by atoms with E-state index in [0.29, 0.717) is 27.3 Å². The summed E-state index contributed by atoms with van der Waals surface area (Å²) in [4.78, 5) is 17.5. The van der Waals surface area contributed by atoms with Crippen LogP contribution in [0.4, 0.5) is 11.4 Å². The van der Waals surface area contributed by atoms with Crippen molar-refractivity contribution in [2.75, 3.05) is 12.0 Å². The quantitative estimate of drug-likeness (QED) is 0.173. The molecule has 2 aromatic carbocycles. The first kappa shape index (κ1) is 25.5. The molecule has 11 heteroatoms. The molecule has 9 nitrogen and oxygen atoms in total. The van der Waals surface area contributed by atoms with E-state index in [0.717, 1.165) is 22.6 Å². The lowest BCUT2D eigenvalue weighted by Gasteiger charge is -2.29. The minimum atomic E-state index is -0.432. The Balaban J connectivity index is 1.73. The highest BCUT2D eigenvalue weighted by Crippen LogP contribution is 2.47. The number of nitro groups is 1. The lowest BCUT2D eigenvalue weighted by atomic mass is 9.96. The Bertz CT molecular complexity index is 1560. The van der Waals surface area contributed by atoms with Crippen LogP contribution in [0.15, 0.2) is 66.9 Å². The largest absolute Gasteiger partial charge is 0.506 e. The molecule has 1 fully saturated rings. The average Bonchev–Trinajstić information content (AvgIpc) is 3.40. The van der Waals surface area contributed by atoms with E-state index in [1.54, 1.807) is 24.4 Å². The molecular weight excluding hydrogens is 526 g/mol. The highest BCUT2D eigenvalue weighted by atomic mass is 35.5. The van der Waals surface area contributed by atoms with Crippen LogP contribution in [0.3, 0.4) is 0 Å². The lowest BCUT2D eigenvalue weighted by molar-refractivity contribution is -0.384. The molecular formula is C27H24ClN5O4S. The number of aryl methyl sites for hydroxylation is 1. The zero-order chi connectivity index (χ0) is 27.1. The molecule has 1 saturated heterocycles. The van der Waals surface area contributed by atoms with Crippen LogP contribution < -0.4 is 15.0 Å². The molecule has 38 heavy (non-hydrogen) atoms. The van der Waals surface area contributed by atoms with Gasteiger partial charge in [-0.15, -0.1) is 0 Å². The van der Waals surface area contributed by atoms with E-state index in [1.807, 2.05) is 47.6 Å². The van der Waals surface area contributed by atoms with Crippen LogP contribution in [0.1, 0.15) is 34.7 Å². The summed E-state index contributed by atoms with van der Waals surface area (Å²) in [5, 5.41) is 26.6. The van der Waals surface area contributed by atoms with E-state index in [-0.39, 0.29) is 17.5 Å². The molecule has 0 amide bonds. The van der Waals surface area contributed by atoms with Crippen molar-refractivity contribution in [1.29, 1.82) is 0 Å². The van der Waals surface area contributed by atoms with Gasteiger partial charge in [-0.2, -0.15) is 0 Å². The molecule has 194 valence electrons. The number of phenolic OH excluding ortho intramolecular Hbond substituents is 1. The summed E-state index contributed by atoms with van der Waals surface area (Å²) < 4.78 is 7.49. The molecule has 0 bridgehead atoms. The van der Waals surface area contributed by atoms with Crippen molar-refractivity contribution in [3.05, 3.63) is 105 Å². The van der Waals surface area contributed by atoms with Gasteiger partial charge in [0.2, 0.25) is 0 Å². The van der Waals surface area contributed by atoms with E-state index in [4.69, 9.17) is 28.6 Å². The van der Waals surface area contributed by atoms with Crippen LogP contribution in [0.5, 0.6) is 11.5 Å². The van der Waals surface area contributed by atoms with Crippen LogP contribution in [0.25, 0.3) is 5.69 Å². The summed E-state index contributed by atoms with van der Waals surface area (Å²) in [6, 6.07) is 16.2. The summed E-state index contributed by atoms with van der Waals surface area (Å²) >= 11 is 12.1. The molecule has 5 rings (SSSR count). The number of thiocarbonyl (C=S) groups is 1. The second kappa shape index (κ2) is 9.96. The van der Waals surface area contributed by atoms with Crippen molar-refractivity contribution in [2.24, 2.45) is 0 Å². The lowest BCUT2D eigenvalue weighted by Crippen LogP contribution is -2.29. The number of halogens is 1. The molecule has 0 saturated carbocycles. The van der Waals surface area contributed by atoms with E-state index in [9.17, 15) is 15.2 Å². The van der Waals surface area contributed by atoms with Crippen LogP contribution in [-0.2, 0) is 0 Å². The van der Waals surface area contributed by atoms with Crippen molar-refractivity contribution in [3.8, 4) is 17.2 Å². The molecule has 2 N–H and O–H groups in total. The number of nitro benzene ring substituents is 1. The first-order chi connectivity index (χ1) is 18.2. The van der Waals surface area contributed by atoms with Gasteiger partial charge < -0.3 is 24.6 Å². The van der Waals surface area contributed by atoms with Gasteiger partial charge in [0, 0.05) is 34.7 Å². The Hall–Kier alpha value is -4.15. The van der Waals surface area contributed by atoms with Crippen LogP contribution >= 0.6 is 23.8 Å². The number of anilines is 1. The maximum absolute atomic E-state index is 11.5. The molecule has 0 spiro atoms. The molecule has 1 aliphatic rings. The molecule has 0 radical (unpaired) electrons. The number of rotatable bonds is 6. The third-order valence-electron chi connectivity index (χ3n) is 6.70. The fraction of sp³-hybridized carbons (Fsp3) is 0.185. The summed E-state index contributed by atoms with van der Waals surface area (Å²) in [6.07, 6.45) is 1.72. The number of nitrogens with zero attached hydrogens (tertiary/aromatic N) is 4. The van der Waals surface area contributed by atoms with Gasteiger partial charge in [0.25, 0.3) is 5.69 Å². The number of phenols is 1. The third-order valence-corrected chi connectivity index (χ3v) is 7.25. The van der Waals surface area contributed by atoms with Crippen LogP contribution in [-0.4, -0.2) is 31.8 Å². The molecule has 0 unspecified atom stereocenters. The Kier molecular flexibility index (Phi) is 6.68. The van der Waals surface area contributed by atoms with Gasteiger partial charge in [-0.3, -0.25) is 15.1 Å². The number of pyridine rings is 1. The van der Waals surface area contributed by atoms with Crippen molar-refractivity contribution in [1.82, 2.24) is 14.9 Å². The van der Waals surface area contributed by atoms with Crippen LogP contribution in [0, 0.1) is 24.0 Å². The predicted molar refractivity (Wildman–Crippen MR) is 149 cm³/mol. The Labute approximate surface area is 229 Å². The average molecular weight is 550 g/mol. The normalized spacial score (nSPS) is 16.9. The molecule has 3 heterocycles. The summed E-state index contributed by atoms with van der Waals surface area (Å²) in [6.45, 7) is 3.86. The fourth-order valence-corrected chi connectivity index (χ4v) is 5.55. The minimum absolute atomic E-state index is 0.0272. The Morgan fingerprint density at radius 2 is 1.92 bits per heavy atom. The number of benzene rings is 2. The summed E-state index contributed by atoms with van der Waals surface area (Å²) in [7, 11) is 1.53. The van der Waals surface area contributed by atoms with Crippen molar-refractivity contribution in [2.45, 2.75) is 25.9 Å². The van der Waals surface area contributed by atoms with Gasteiger partial charge in [0.05, 0.1) is 41.2 Å². The Morgan fingerprint density at radius 3 is 2.61 bits per heavy atom. The van der Waals surface area contributed by atoms with Gasteiger partial charge in [0.1, 0.15) is 11.5 Å². The fourth-order valence-electron chi connectivity index (χ4n) is 5.04. The van der Waals surface area contributed by atoms with Crippen LogP contribution in [0.2, 0.25) is 5.02 Å². The van der Waals surface area contributed by atoms with Gasteiger partial charge in [-0.25, -0.2) is 0 Å². The predicted octanol–water partition coefficient (Wildman–Crippen LogP) is 5.94. The standard InChI is InChI=1S/C27H24ClN5O4S/c1-15-12-19(16(2)31(15)22-14-18(33(35)36)8-10-24(22)37-3)26-25(20-6-4-5-11-29-20)30-27(38)32(26)21-13-17(28)7-9-23(21)34/h4-14,25-26,34H,1-3H3,(H,30,38)/t25-,26+/m1/s1. The summed E-state index contributed by atoms with van der Waals surface area (Å²) in [5.41, 5.74) is 4.27. The first-order valence-corrected chi connectivity index (χ1v) is 12.5.